The van der Waals surface area contributed by atoms with Crippen LogP contribution >= 0.6 is 0 Å². The molecule has 0 aromatic heterocycles. The second-order valence-corrected chi connectivity index (χ2v) is 4.56. The summed E-state index contributed by atoms with van der Waals surface area (Å²) in [7, 11) is 0. The molecule has 1 N–H and O–H groups in total. The number of halogens is 1. The number of hydrogen-bond donors (Lipinski definition) is 1. The van der Waals surface area contributed by atoms with Crippen molar-refractivity contribution in [1.29, 1.82) is 0 Å². The molecule has 3 aromatic carbocycles. The van der Waals surface area contributed by atoms with E-state index < -0.39 is 11.8 Å². The molecule has 0 bridgehead atoms. The van der Waals surface area contributed by atoms with Gasteiger partial charge in [0.15, 0.2) is 0 Å². The third kappa shape index (κ3) is 2.69. The minimum absolute atomic E-state index is 0.0676. The van der Waals surface area contributed by atoms with E-state index in [1.165, 1.54) is 30.3 Å². The fraction of sp³-hybridized carbons (Fsp3) is 0. The molecule has 0 fully saturated rings. The quantitative estimate of drug-likeness (QED) is 0.572. The molecule has 0 spiro atoms. The van der Waals surface area contributed by atoms with Crippen LogP contribution in [0.3, 0.4) is 0 Å². The molecule has 0 amide bonds. The maximum absolute atomic E-state index is 12.8. The lowest BCUT2D eigenvalue weighted by molar-refractivity contribution is 0.0731. The van der Waals surface area contributed by atoms with E-state index in [-0.39, 0.29) is 17.1 Å². The molecule has 0 heterocycles. The van der Waals surface area contributed by atoms with Gasteiger partial charge in [-0.15, -0.1) is 0 Å². The number of rotatable bonds is 2. The van der Waals surface area contributed by atoms with Gasteiger partial charge >= 0.3 is 5.97 Å². The van der Waals surface area contributed by atoms with Gasteiger partial charge in [0.1, 0.15) is 22.9 Å². The Morgan fingerprint density at radius 2 is 1.57 bits per heavy atom. The Kier molecular flexibility index (Phi) is 3.28. The maximum Gasteiger partial charge on any atom is 0.347 e. The number of ether oxygens (including phenoxy) is 1. The SMILES string of the molecule is O=C(Oc1ccc(F)cc1)c1cc2ccccc2cc1O. The monoisotopic (exact) mass is 282 g/mol. The van der Waals surface area contributed by atoms with E-state index in [9.17, 15) is 14.3 Å². The largest absolute Gasteiger partial charge is 0.507 e. The van der Waals surface area contributed by atoms with Crippen LogP contribution in [0.5, 0.6) is 11.5 Å². The molecule has 0 aliphatic heterocycles. The van der Waals surface area contributed by atoms with Crippen molar-refractivity contribution in [2.75, 3.05) is 0 Å². The van der Waals surface area contributed by atoms with Gasteiger partial charge in [-0.05, 0) is 47.2 Å². The molecule has 0 radical (unpaired) electrons. The van der Waals surface area contributed by atoms with E-state index in [4.69, 9.17) is 4.74 Å². The number of aromatic hydroxyl groups is 1. The summed E-state index contributed by atoms with van der Waals surface area (Å²) in [5.74, 6) is -1.04. The van der Waals surface area contributed by atoms with E-state index in [0.717, 1.165) is 10.8 Å². The Bertz CT molecular complexity index is 810. The number of phenols is 1. The molecular weight excluding hydrogens is 271 g/mol. The summed E-state index contributed by atoms with van der Waals surface area (Å²) in [5, 5.41) is 11.6. The summed E-state index contributed by atoms with van der Waals surface area (Å²) >= 11 is 0. The normalized spacial score (nSPS) is 10.5. The molecule has 0 saturated carbocycles. The van der Waals surface area contributed by atoms with Gasteiger partial charge in [-0.25, -0.2) is 9.18 Å². The average Bonchev–Trinajstić information content (AvgIpc) is 2.49. The second-order valence-electron chi connectivity index (χ2n) is 4.56. The fourth-order valence-corrected chi connectivity index (χ4v) is 2.06. The summed E-state index contributed by atoms with van der Waals surface area (Å²) in [6.45, 7) is 0. The van der Waals surface area contributed by atoms with Crippen LogP contribution in [0.25, 0.3) is 10.8 Å². The molecule has 3 nitrogen and oxygen atoms in total. The minimum atomic E-state index is -0.690. The molecule has 4 heteroatoms. The molecule has 0 atom stereocenters. The van der Waals surface area contributed by atoms with Gasteiger partial charge in [-0.3, -0.25) is 0 Å². The topological polar surface area (TPSA) is 46.5 Å². The number of phenolic OH excluding ortho intramolecular Hbond substituents is 1. The predicted molar refractivity (Wildman–Crippen MR) is 77.0 cm³/mol. The van der Waals surface area contributed by atoms with Gasteiger partial charge in [0, 0.05) is 0 Å². The lowest BCUT2D eigenvalue weighted by Gasteiger charge is -2.07. The van der Waals surface area contributed by atoms with Crippen molar-refractivity contribution in [2.45, 2.75) is 0 Å². The van der Waals surface area contributed by atoms with Crippen LogP contribution in [0.15, 0.2) is 60.7 Å². The van der Waals surface area contributed by atoms with Crippen molar-refractivity contribution in [3.8, 4) is 11.5 Å². The fourth-order valence-electron chi connectivity index (χ4n) is 2.06. The molecule has 0 aliphatic carbocycles. The van der Waals surface area contributed by atoms with E-state index in [1.54, 1.807) is 6.07 Å². The standard InChI is InChI=1S/C17H11FO3/c18-13-5-7-14(8-6-13)21-17(20)15-9-11-3-1-2-4-12(11)10-16(15)19/h1-10,19H. The van der Waals surface area contributed by atoms with Gasteiger partial charge in [-0.2, -0.15) is 0 Å². The Balaban J connectivity index is 1.93. The minimum Gasteiger partial charge on any atom is -0.507 e. The summed E-state index contributed by atoms with van der Waals surface area (Å²) in [6, 6.07) is 15.5. The third-order valence-electron chi connectivity index (χ3n) is 3.11. The molecule has 0 aliphatic rings. The predicted octanol–water partition coefficient (Wildman–Crippen LogP) is 3.90. The number of benzene rings is 3. The van der Waals surface area contributed by atoms with Gasteiger partial charge in [0.05, 0.1) is 0 Å². The average molecular weight is 282 g/mol. The van der Waals surface area contributed by atoms with E-state index >= 15 is 0 Å². The lowest BCUT2D eigenvalue weighted by atomic mass is 10.1. The summed E-state index contributed by atoms with van der Waals surface area (Å²) < 4.78 is 17.9. The van der Waals surface area contributed by atoms with Crippen LogP contribution in [-0.4, -0.2) is 11.1 Å². The number of carbonyl (C=O) groups excluding carboxylic acids is 1. The Morgan fingerprint density at radius 3 is 2.24 bits per heavy atom. The zero-order chi connectivity index (χ0) is 14.8. The molecule has 3 rings (SSSR count). The smallest absolute Gasteiger partial charge is 0.347 e. The van der Waals surface area contributed by atoms with Crippen LogP contribution in [0.2, 0.25) is 0 Å². The molecule has 21 heavy (non-hydrogen) atoms. The molecule has 0 unspecified atom stereocenters. The summed E-state index contributed by atoms with van der Waals surface area (Å²) in [6.07, 6.45) is 0. The molecular formula is C17H11FO3. The van der Waals surface area contributed by atoms with Crippen molar-refractivity contribution in [3.63, 3.8) is 0 Å². The summed E-state index contributed by atoms with van der Waals surface area (Å²) in [5.41, 5.74) is 0.0676. The van der Waals surface area contributed by atoms with Crippen LogP contribution in [0.1, 0.15) is 10.4 Å². The Labute approximate surface area is 120 Å². The first-order valence-electron chi connectivity index (χ1n) is 6.33. The highest BCUT2D eigenvalue weighted by atomic mass is 19.1. The van der Waals surface area contributed by atoms with Crippen LogP contribution in [0.4, 0.5) is 4.39 Å². The lowest BCUT2D eigenvalue weighted by Crippen LogP contribution is -2.08. The van der Waals surface area contributed by atoms with Crippen molar-refractivity contribution >= 4 is 16.7 Å². The first-order chi connectivity index (χ1) is 10.1. The Morgan fingerprint density at radius 1 is 0.952 bits per heavy atom. The zero-order valence-electron chi connectivity index (χ0n) is 10.9. The maximum atomic E-state index is 12.8. The molecule has 0 saturated heterocycles. The summed E-state index contributed by atoms with van der Waals surface area (Å²) in [4.78, 5) is 12.1. The van der Waals surface area contributed by atoms with Gasteiger partial charge in [0.2, 0.25) is 0 Å². The number of carbonyl (C=O) groups is 1. The Hall–Kier alpha value is -2.88. The van der Waals surface area contributed by atoms with E-state index in [2.05, 4.69) is 0 Å². The third-order valence-corrected chi connectivity index (χ3v) is 3.11. The number of fused-ring (bicyclic) bond motifs is 1. The number of esters is 1. The van der Waals surface area contributed by atoms with Gasteiger partial charge in [0.25, 0.3) is 0 Å². The second kappa shape index (κ2) is 5.25. The van der Waals surface area contributed by atoms with E-state index in [1.807, 2.05) is 24.3 Å². The first kappa shape index (κ1) is 13.1. The van der Waals surface area contributed by atoms with Crippen molar-refractivity contribution < 1.29 is 19.0 Å². The van der Waals surface area contributed by atoms with Crippen molar-refractivity contribution in [3.05, 3.63) is 72.0 Å². The highest BCUT2D eigenvalue weighted by Gasteiger charge is 2.14. The zero-order valence-corrected chi connectivity index (χ0v) is 10.9. The van der Waals surface area contributed by atoms with Crippen LogP contribution in [0, 0.1) is 5.82 Å². The van der Waals surface area contributed by atoms with E-state index in [0.29, 0.717) is 0 Å². The van der Waals surface area contributed by atoms with Crippen LogP contribution < -0.4 is 4.74 Å². The highest BCUT2D eigenvalue weighted by Crippen LogP contribution is 2.26. The molecule has 3 aromatic rings. The van der Waals surface area contributed by atoms with Crippen LogP contribution in [-0.2, 0) is 0 Å². The van der Waals surface area contributed by atoms with Gasteiger partial charge in [-0.1, -0.05) is 24.3 Å². The van der Waals surface area contributed by atoms with Gasteiger partial charge < -0.3 is 9.84 Å². The highest BCUT2D eigenvalue weighted by molar-refractivity contribution is 5.99. The molecule has 104 valence electrons. The first-order valence-corrected chi connectivity index (χ1v) is 6.33. The van der Waals surface area contributed by atoms with Crippen molar-refractivity contribution in [1.82, 2.24) is 0 Å². The van der Waals surface area contributed by atoms with Crippen molar-refractivity contribution in [2.24, 2.45) is 0 Å². The number of hydrogen-bond acceptors (Lipinski definition) is 3.